The molecule has 0 aliphatic rings. The standard InChI is InChI=1S/C18H22N2O3/c1-12-8-14(13(2)21)6-7-16(12)15-9-19-20(10-15)11-17(22)23-18(3,4)5/h6-10H,11H2,1-5H3. The minimum absolute atomic E-state index is 0.0419. The monoisotopic (exact) mass is 314 g/mol. The van der Waals surface area contributed by atoms with Crippen LogP contribution in [0, 0.1) is 6.92 Å². The molecule has 0 fully saturated rings. The highest BCUT2D eigenvalue weighted by Crippen LogP contribution is 2.24. The number of benzene rings is 1. The topological polar surface area (TPSA) is 61.2 Å². The van der Waals surface area contributed by atoms with Crippen LogP contribution >= 0.6 is 0 Å². The van der Waals surface area contributed by atoms with Crippen LogP contribution in [0.3, 0.4) is 0 Å². The number of carbonyl (C=O) groups excluding carboxylic acids is 2. The molecule has 1 heterocycles. The molecule has 23 heavy (non-hydrogen) atoms. The van der Waals surface area contributed by atoms with Crippen LogP contribution in [-0.2, 0) is 16.1 Å². The highest BCUT2D eigenvalue weighted by molar-refractivity contribution is 5.94. The minimum atomic E-state index is -0.508. The molecule has 1 aromatic heterocycles. The molecule has 2 aromatic rings. The lowest BCUT2D eigenvalue weighted by molar-refractivity contribution is -0.155. The third-order valence-electron chi connectivity index (χ3n) is 3.29. The van der Waals surface area contributed by atoms with E-state index in [9.17, 15) is 9.59 Å². The largest absolute Gasteiger partial charge is 0.459 e. The first kappa shape index (κ1) is 16.9. The van der Waals surface area contributed by atoms with Gasteiger partial charge in [-0.05, 0) is 51.8 Å². The summed E-state index contributed by atoms with van der Waals surface area (Å²) in [6, 6.07) is 5.57. The van der Waals surface area contributed by atoms with Crippen LogP contribution in [0.4, 0.5) is 0 Å². The van der Waals surface area contributed by atoms with E-state index in [2.05, 4.69) is 5.10 Å². The predicted molar refractivity (Wildman–Crippen MR) is 88.2 cm³/mol. The summed E-state index contributed by atoms with van der Waals surface area (Å²) >= 11 is 0. The quantitative estimate of drug-likeness (QED) is 0.641. The van der Waals surface area contributed by atoms with E-state index in [4.69, 9.17) is 4.74 Å². The second-order valence-electron chi connectivity index (χ2n) is 6.60. The van der Waals surface area contributed by atoms with Gasteiger partial charge in [0.05, 0.1) is 6.20 Å². The Balaban J connectivity index is 2.16. The van der Waals surface area contributed by atoms with E-state index < -0.39 is 5.60 Å². The third-order valence-corrected chi connectivity index (χ3v) is 3.29. The van der Waals surface area contributed by atoms with Crippen molar-refractivity contribution in [3.8, 4) is 11.1 Å². The fourth-order valence-corrected chi connectivity index (χ4v) is 2.30. The van der Waals surface area contributed by atoms with Crippen molar-refractivity contribution in [3.63, 3.8) is 0 Å². The molecule has 0 bridgehead atoms. The predicted octanol–water partition coefficient (Wildman–Crippen LogP) is 3.40. The van der Waals surface area contributed by atoms with Gasteiger partial charge in [-0.1, -0.05) is 12.1 Å². The molecule has 1 aromatic carbocycles. The lowest BCUT2D eigenvalue weighted by Gasteiger charge is -2.19. The number of carbonyl (C=O) groups is 2. The first-order valence-corrected chi connectivity index (χ1v) is 7.52. The van der Waals surface area contributed by atoms with Gasteiger partial charge in [-0.15, -0.1) is 0 Å². The Hall–Kier alpha value is -2.43. The number of hydrogen-bond acceptors (Lipinski definition) is 4. The van der Waals surface area contributed by atoms with Crippen LogP contribution < -0.4 is 0 Å². The number of nitrogens with zero attached hydrogens (tertiary/aromatic N) is 2. The summed E-state index contributed by atoms with van der Waals surface area (Å²) in [5, 5.41) is 4.21. The van der Waals surface area contributed by atoms with Crippen molar-refractivity contribution in [3.05, 3.63) is 41.7 Å². The first-order valence-electron chi connectivity index (χ1n) is 7.52. The van der Waals surface area contributed by atoms with Gasteiger partial charge in [-0.3, -0.25) is 14.3 Å². The lowest BCUT2D eigenvalue weighted by atomic mass is 9.99. The van der Waals surface area contributed by atoms with E-state index in [1.54, 1.807) is 30.1 Å². The Labute approximate surface area is 136 Å². The Kier molecular flexibility index (Phi) is 4.68. The highest BCUT2D eigenvalue weighted by atomic mass is 16.6. The van der Waals surface area contributed by atoms with Crippen molar-refractivity contribution < 1.29 is 14.3 Å². The zero-order valence-electron chi connectivity index (χ0n) is 14.2. The number of ether oxygens (including phenoxy) is 1. The van der Waals surface area contributed by atoms with Crippen molar-refractivity contribution in [2.75, 3.05) is 0 Å². The van der Waals surface area contributed by atoms with Gasteiger partial charge in [0, 0.05) is 17.3 Å². The molecule has 0 radical (unpaired) electrons. The molecule has 0 saturated heterocycles. The average Bonchev–Trinajstić information content (AvgIpc) is 2.84. The van der Waals surface area contributed by atoms with Crippen LogP contribution in [0.5, 0.6) is 0 Å². The molecule has 0 aliphatic heterocycles. The second kappa shape index (κ2) is 6.36. The van der Waals surface area contributed by atoms with E-state index in [1.807, 2.05) is 39.8 Å². The molecule has 122 valence electrons. The van der Waals surface area contributed by atoms with Crippen LogP contribution in [-0.4, -0.2) is 27.1 Å². The Morgan fingerprint density at radius 2 is 1.96 bits per heavy atom. The lowest BCUT2D eigenvalue weighted by Crippen LogP contribution is -2.26. The summed E-state index contributed by atoms with van der Waals surface area (Å²) in [7, 11) is 0. The zero-order valence-corrected chi connectivity index (χ0v) is 14.2. The van der Waals surface area contributed by atoms with Gasteiger partial charge in [0.25, 0.3) is 0 Å². The van der Waals surface area contributed by atoms with Crippen LogP contribution in [0.1, 0.15) is 43.6 Å². The smallest absolute Gasteiger partial charge is 0.328 e. The van der Waals surface area contributed by atoms with Crippen molar-refractivity contribution in [2.45, 2.75) is 46.8 Å². The summed E-state index contributed by atoms with van der Waals surface area (Å²) in [6.45, 7) is 9.07. The molecule has 0 unspecified atom stereocenters. The summed E-state index contributed by atoms with van der Waals surface area (Å²) in [5.74, 6) is -0.281. The molecule has 0 saturated carbocycles. The van der Waals surface area contributed by atoms with Gasteiger partial charge < -0.3 is 4.74 Å². The molecule has 0 amide bonds. The number of aryl methyl sites for hydroxylation is 1. The molecule has 0 aliphatic carbocycles. The Morgan fingerprint density at radius 3 is 2.52 bits per heavy atom. The molecule has 0 N–H and O–H groups in total. The molecular formula is C18H22N2O3. The SMILES string of the molecule is CC(=O)c1ccc(-c2cnn(CC(=O)OC(C)(C)C)c2)c(C)c1. The van der Waals surface area contributed by atoms with E-state index in [-0.39, 0.29) is 18.3 Å². The van der Waals surface area contributed by atoms with Crippen molar-refractivity contribution in [1.29, 1.82) is 0 Å². The Bertz CT molecular complexity index is 739. The number of hydrogen-bond donors (Lipinski definition) is 0. The van der Waals surface area contributed by atoms with Crippen molar-refractivity contribution >= 4 is 11.8 Å². The third kappa shape index (κ3) is 4.52. The van der Waals surface area contributed by atoms with Crippen LogP contribution in [0.15, 0.2) is 30.6 Å². The summed E-state index contributed by atoms with van der Waals surface area (Å²) in [6.07, 6.45) is 3.51. The van der Waals surface area contributed by atoms with Gasteiger partial charge >= 0.3 is 5.97 Å². The Morgan fingerprint density at radius 1 is 1.26 bits per heavy atom. The minimum Gasteiger partial charge on any atom is -0.459 e. The average molecular weight is 314 g/mol. The van der Waals surface area contributed by atoms with Crippen LogP contribution in [0.2, 0.25) is 0 Å². The van der Waals surface area contributed by atoms with E-state index in [0.29, 0.717) is 5.56 Å². The molecule has 0 spiro atoms. The van der Waals surface area contributed by atoms with Gasteiger partial charge in [0.1, 0.15) is 12.1 Å². The first-order chi connectivity index (χ1) is 10.7. The number of ketones is 1. The summed E-state index contributed by atoms with van der Waals surface area (Å²) in [4.78, 5) is 23.3. The molecule has 2 rings (SSSR count). The van der Waals surface area contributed by atoms with Gasteiger partial charge in [-0.2, -0.15) is 5.10 Å². The summed E-state index contributed by atoms with van der Waals surface area (Å²) < 4.78 is 6.84. The molecule has 5 heteroatoms. The molecule has 0 atom stereocenters. The highest BCUT2D eigenvalue weighted by Gasteiger charge is 2.17. The van der Waals surface area contributed by atoms with E-state index in [1.165, 1.54) is 0 Å². The summed E-state index contributed by atoms with van der Waals surface area (Å²) in [5.41, 5.74) is 3.07. The second-order valence-corrected chi connectivity index (χ2v) is 6.60. The van der Waals surface area contributed by atoms with Crippen molar-refractivity contribution in [1.82, 2.24) is 9.78 Å². The van der Waals surface area contributed by atoms with Gasteiger partial charge in [0.2, 0.25) is 0 Å². The fraction of sp³-hybridized carbons (Fsp3) is 0.389. The van der Waals surface area contributed by atoms with Gasteiger partial charge in [-0.25, -0.2) is 0 Å². The number of esters is 1. The normalized spacial score (nSPS) is 11.3. The fourth-order valence-electron chi connectivity index (χ4n) is 2.30. The number of rotatable bonds is 4. The van der Waals surface area contributed by atoms with Crippen LogP contribution in [0.25, 0.3) is 11.1 Å². The van der Waals surface area contributed by atoms with Crippen molar-refractivity contribution in [2.24, 2.45) is 0 Å². The van der Waals surface area contributed by atoms with Gasteiger partial charge in [0.15, 0.2) is 5.78 Å². The maximum absolute atomic E-state index is 11.8. The maximum atomic E-state index is 11.8. The number of aromatic nitrogens is 2. The maximum Gasteiger partial charge on any atom is 0.328 e. The number of Topliss-reactive ketones (excluding diaryl/α,β-unsaturated/α-hetero) is 1. The molecular weight excluding hydrogens is 292 g/mol. The molecule has 5 nitrogen and oxygen atoms in total. The van der Waals surface area contributed by atoms with E-state index in [0.717, 1.165) is 16.7 Å². The van der Waals surface area contributed by atoms with E-state index >= 15 is 0 Å². The zero-order chi connectivity index (χ0) is 17.2.